The molecular weight excluding hydrogens is 244 g/mol. The van der Waals surface area contributed by atoms with Crippen LogP contribution in [0.4, 0.5) is 0 Å². The molecule has 7 heteroatoms. The molecule has 0 spiro atoms. The number of rotatable bonds is 6. The molecule has 0 aliphatic carbocycles. The first-order valence-electron chi connectivity index (χ1n) is 5.12. The van der Waals surface area contributed by atoms with E-state index in [1.165, 1.54) is 12.4 Å². The van der Waals surface area contributed by atoms with Gasteiger partial charge in [-0.1, -0.05) is 19.6 Å². The van der Waals surface area contributed by atoms with Crippen LogP contribution in [0.15, 0.2) is 18.5 Å². The summed E-state index contributed by atoms with van der Waals surface area (Å²) in [5.41, 5.74) is 0. The molecule has 0 atom stereocenters. The zero-order valence-corrected chi connectivity index (χ0v) is 11.7. The van der Waals surface area contributed by atoms with Gasteiger partial charge in [0.1, 0.15) is 0 Å². The van der Waals surface area contributed by atoms with Crippen molar-refractivity contribution in [2.75, 3.05) is 12.5 Å². The highest BCUT2D eigenvalue weighted by Crippen LogP contribution is 2.08. The van der Waals surface area contributed by atoms with Crippen LogP contribution < -0.4 is 0 Å². The molecule has 0 bridgehead atoms. The Morgan fingerprint density at radius 1 is 1.38 bits per heavy atom. The van der Waals surface area contributed by atoms with Crippen LogP contribution in [0.2, 0.25) is 25.7 Å². The molecule has 0 aliphatic rings. The summed E-state index contributed by atoms with van der Waals surface area (Å²) in [5, 5.41) is 3.67. The van der Waals surface area contributed by atoms with Crippen LogP contribution in [0.3, 0.4) is 0 Å². The van der Waals surface area contributed by atoms with Crippen LogP contribution >= 0.6 is 0 Å². The summed E-state index contributed by atoms with van der Waals surface area (Å²) in [4.78, 5) is 0. The first-order chi connectivity index (χ1) is 7.31. The molecule has 5 nitrogen and oxygen atoms in total. The van der Waals surface area contributed by atoms with Gasteiger partial charge in [0.15, 0.2) is 5.94 Å². The zero-order chi connectivity index (χ0) is 12.2. The van der Waals surface area contributed by atoms with E-state index in [-0.39, 0.29) is 5.94 Å². The Bertz CT molecular complexity index is 408. The van der Waals surface area contributed by atoms with E-state index >= 15 is 0 Å². The fourth-order valence-electron chi connectivity index (χ4n) is 1.02. The monoisotopic (exact) mass is 262 g/mol. The highest BCUT2D eigenvalue weighted by molar-refractivity contribution is 7.89. The molecular formula is C9H18N2O3SSi. The van der Waals surface area contributed by atoms with E-state index in [9.17, 15) is 8.42 Å². The smallest absolute Gasteiger partial charge is 0.278 e. The largest absolute Gasteiger partial charge is 0.364 e. The highest BCUT2D eigenvalue weighted by atomic mass is 32.2. The van der Waals surface area contributed by atoms with Crippen LogP contribution in [0.1, 0.15) is 0 Å². The summed E-state index contributed by atoms with van der Waals surface area (Å²) in [6, 6.07) is 2.53. The van der Waals surface area contributed by atoms with E-state index in [0.717, 1.165) is 10.1 Å². The highest BCUT2D eigenvalue weighted by Gasteiger charge is 2.16. The van der Waals surface area contributed by atoms with Gasteiger partial charge in [-0.05, 0) is 12.1 Å². The summed E-state index contributed by atoms with van der Waals surface area (Å²) >= 11 is 0. The Balaban J connectivity index is 2.39. The van der Waals surface area contributed by atoms with Gasteiger partial charge in [0.05, 0.1) is 6.20 Å². The molecule has 0 amide bonds. The summed E-state index contributed by atoms with van der Waals surface area (Å²) in [6.45, 7) is 7.16. The molecule has 0 aromatic carbocycles. The van der Waals surface area contributed by atoms with Crippen molar-refractivity contribution in [3.05, 3.63) is 18.5 Å². The Kier molecular flexibility index (Phi) is 4.28. The quantitative estimate of drug-likeness (QED) is 0.574. The van der Waals surface area contributed by atoms with Crippen molar-refractivity contribution in [1.82, 2.24) is 9.19 Å². The van der Waals surface area contributed by atoms with Crippen LogP contribution in [-0.4, -0.2) is 38.2 Å². The van der Waals surface area contributed by atoms with Gasteiger partial charge in [-0.15, -0.1) is 0 Å². The minimum absolute atomic E-state index is 0.306. The molecule has 1 aromatic heterocycles. The lowest BCUT2D eigenvalue weighted by Gasteiger charge is -2.15. The number of hydrogen-bond donors (Lipinski definition) is 0. The van der Waals surface area contributed by atoms with Crippen molar-refractivity contribution in [2.24, 2.45) is 0 Å². The second kappa shape index (κ2) is 5.11. The second-order valence-electron chi connectivity index (χ2n) is 4.83. The van der Waals surface area contributed by atoms with Gasteiger partial charge < -0.3 is 4.74 Å². The predicted molar refractivity (Wildman–Crippen MR) is 65.5 cm³/mol. The van der Waals surface area contributed by atoms with E-state index in [2.05, 4.69) is 24.7 Å². The van der Waals surface area contributed by atoms with Crippen LogP contribution in [0.5, 0.6) is 0 Å². The number of ether oxygens (including phenoxy) is 1. The molecule has 16 heavy (non-hydrogen) atoms. The fraction of sp³-hybridized carbons (Fsp3) is 0.667. The molecule has 92 valence electrons. The number of hydrogen-bond acceptors (Lipinski definition) is 4. The Morgan fingerprint density at radius 2 is 2.06 bits per heavy atom. The van der Waals surface area contributed by atoms with E-state index in [0.29, 0.717) is 6.61 Å². The molecule has 0 aliphatic heterocycles. The molecule has 1 aromatic rings. The van der Waals surface area contributed by atoms with Crippen molar-refractivity contribution >= 4 is 18.1 Å². The van der Waals surface area contributed by atoms with Gasteiger partial charge >= 0.3 is 0 Å². The lowest BCUT2D eigenvalue weighted by atomic mass is 10.8. The van der Waals surface area contributed by atoms with Crippen LogP contribution in [0.25, 0.3) is 0 Å². The molecule has 0 N–H and O–H groups in total. The third-order valence-electron chi connectivity index (χ3n) is 1.99. The van der Waals surface area contributed by atoms with Crippen molar-refractivity contribution in [2.45, 2.75) is 25.7 Å². The Labute approximate surface area is 97.5 Å². The fourth-order valence-corrected chi connectivity index (χ4v) is 2.66. The van der Waals surface area contributed by atoms with Crippen molar-refractivity contribution < 1.29 is 13.2 Å². The number of nitrogens with zero attached hydrogens (tertiary/aromatic N) is 2. The Hall–Kier alpha value is -0.663. The lowest BCUT2D eigenvalue weighted by Crippen LogP contribution is -2.24. The van der Waals surface area contributed by atoms with Crippen molar-refractivity contribution in [3.8, 4) is 0 Å². The summed E-state index contributed by atoms with van der Waals surface area (Å²) in [5.74, 6) is -0.306. The van der Waals surface area contributed by atoms with E-state index in [4.69, 9.17) is 4.74 Å². The summed E-state index contributed by atoms with van der Waals surface area (Å²) in [6.07, 6.45) is 2.83. The Morgan fingerprint density at radius 3 is 2.56 bits per heavy atom. The first-order valence-corrected chi connectivity index (χ1v) is 10.4. The maximum Gasteiger partial charge on any atom is 0.278 e. The molecule has 1 heterocycles. The minimum Gasteiger partial charge on any atom is -0.364 e. The molecule has 0 fully saturated rings. The SMILES string of the molecule is C[Si](C)(C)CCOCS(=O)(=O)n1cccn1. The van der Waals surface area contributed by atoms with Gasteiger partial charge in [-0.3, -0.25) is 0 Å². The second-order valence-corrected chi connectivity index (χ2v) is 12.2. The first kappa shape index (κ1) is 13.4. The third kappa shape index (κ3) is 4.46. The standard InChI is InChI=1S/C9H18N2O3SSi/c1-16(2,3)8-7-14-9-15(12,13)11-6-4-5-10-11/h4-6H,7-9H2,1-3H3. The minimum atomic E-state index is -3.44. The maximum atomic E-state index is 11.6. The average molecular weight is 262 g/mol. The van der Waals surface area contributed by atoms with Crippen molar-refractivity contribution in [3.63, 3.8) is 0 Å². The molecule has 0 unspecified atom stereocenters. The lowest BCUT2D eigenvalue weighted by molar-refractivity contribution is 0.190. The molecule has 1 rings (SSSR count). The topological polar surface area (TPSA) is 61.2 Å². The maximum absolute atomic E-state index is 11.6. The van der Waals surface area contributed by atoms with Gasteiger partial charge in [0.2, 0.25) is 0 Å². The molecule has 0 saturated carbocycles. The van der Waals surface area contributed by atoms with E-state index < -0.39 is 18.1 Å². The summed E-state index contributed by atoms with van der Waals surface area (Å²) < 4.78 is 29.3. The predicted octanol–water partition coefficient (Wildman–Crippen LogP) is 1.37. The van der Waals surface area contributed by atoms with Gasteiger partial charge in [-0.2, -0.15) is 9.19 Å². The summed E-state index contributed by atoms with van der Waals surface area (Å²) in [7, 11) is -4.60. The van der Waals surface area contributed by atoms with Gasteiger partial charge in [-0.25, -0.2) is 8.42 Å². The average Bonchev–Trinajstić information content (AvgIpc) is 2.64. The zero-order valence-electron chi connectivity index (χ0n) is 9.88. The van der Waals surface area contributed by atoms with E-state index in [1.807, 2.05) is 0 Å². The van der Waals surface area contributed by atoms with Crippen molar-refractivity contribution in [1.29, 1.82) is 0 Å². The van der Waals surface area contributed by atoms with Gasteiger partial charge in [0.25, 0.3) is 10.0 Å². The van der Waals surface area contributed by atoms with E-state index in [1.54, 1.807) is 6.07 Å². The molecule has 0 saturated heterocycles. The van der Waals surface area contributed by atoms with Crippen LogP contribution in [0, 0.1) is 0 Å². The molecule has 0 radical (unpaired) electrons. The third-order valence-corrected chi connectivity index (χ3v) is 4.95. The van der Waals surface area contributed by atoms with Gasteiger partial charge in [0, 0.05) is 20.9 Å². The number of aromatic nitrogens is 2. The normalized spacial score (nSPS) is 12.9. The van der Waals surface area contributed by atoms with Crippen LogP contribution in [-0.2, 0) is 14.8 Å².